The molecule has 154 valence electrons. The number of ether oxygens (including phenoxy) is 1. The molecule has 0 spiro atoms. The van der Waals surface area contributed by atoms with Crippen LogP contribution in [0.2, 0.25) is 10.0 Å². The number of aryl methyl sites for hydroxylation is 1. The molecule has 6 heteroatoms. The Hall–Kier alpha value is -2.01. The van der Waals surface area contributed by atoms with Crippen LogP contribution in [0.3, 0.4) is 0 Å². The fourth-order valence-electron chi connectivity index (χ4n) is 3.69. The third-order valence-electron chi connectivity index (χ3n) is 5.31. The van der Waals surface area contributed by atoms with Gasteiger partial charge in [-0.15, -0.1) is 0 Å². The van der Waals surface area contributed by atoms with Gasteiger partial charge in [0.25, 0.3) is 0 Å². The quantitative estimate of drug-likeness (QED) is 0.581. The van der Waals surface area contributed by atoms with Gasteiger partial charge in [-0.1, -0.05) is 48.0 Å². The first kappa shape index (κ1) is 21.7. The monoisotopic (exact) mass is 432 g/mol. The number of methoxy groups -OCH3 is 1. The van der Waals surface area contributed by atoms with Crippen molar-refractivity contribution in [1.82, 2.24) is 9.80 Å². The number of rotatable bonds is 7. The average molecular weight is 433 g/mol. The highest BCUT2D eigenvalue weighted by Gasteiger charge is 2.19. The van der Waals surface area contributed by atoms with E-state index >= 15 is 0 Å². The maximum absolute atomic E-state index is 11.7. The van der Waals surface area contributed by atoms with E-state index in [0.29, 0.717) is 10.0 Å². The van der Waals surface area contributed by atoms with Crippen LogP contribution in [-0.2, 0) is 11.2 Å². The number of halogens is 2. The smallest absolute Gasteiger partial charge is 0.246 e. The van der Waals surface area contributed by atoms with E-state index < -0.39 is 0 Å². The summed E-state index contributed by atoms with van der Waals surface area (Å²) in [6, 6.07) is 11.7. The molecule has 3 rings (SSSR count). The second-order valence-electron chi connectivity index (χ2n) is 7.10. The van der Waals surface area contributed by atoms with Crippen LogP contribution in [0, 0.1) is 0 Å². The Labute approximate surface area is 182 Å². The standard InChI is InChI=1S/C23H26Cl2N2O2/c1-3-23(28)27-13-11-26(12-14-27)10-6-7-17-15-19(21(25)16-22(17)29-2)18-8-4-5-9-20(18)24/h3-5,8-9,15-16H,1,6-7,10-14H2,2H3. The highest BCUT2D eigenvalue weighted by Crippen LogP contribution is 2.37. The molecule has 0 aromatic heterocycles. The molecule has 1 saturated heterocycles. The first-order valence-electron chi connectivity index (χ1n) is 9.78. The Kier molecular flexibility index (Phi) is 7.59. The number of benzene rings is 2. The van der Waals surface area contributed by atoms with Crippen LogP contribution in [0.1, 0.15) is 12.0 Å². The molecule has 1 heterocycles. The zero-order chi connectivity index (χ0) is 20.8. The molecule has 4 nitrogen and oxygen atoms in total. The minimum absolute atomic E-state index is 0.0163. The van der Waals surface area contributed by atoms with Crippen LogP contribution in [0.4, 0.5) is 0 Å². The third-order valence-corrected chi connectivity index (χ3v) is 5.96. The Morgan fingerprint density at radius 2 is 1.83 bits per heavy atom. The van der Waals surface area contributed by atoms with Gasteiger partial charge >= 0.3 is 0 Å². The van der Waals surface area contributed by atoms with Gasteiger partial charge < -0.3 is 9.64 Å². The minimum atomic E-state index is 0.0163. The topological polar surface area (TPSA) is 32.8 Å². The molecule has 1 fully saturated rings. The van der Waals surface area contributed by atoms with Gasteiger partial charge in [0.2, 0.25) is 5.91 Å². The fourth-order valence-corrected chi connectivity index (χ4v) is 4.18. The number of hydrogen-bond donors (Lipinski definition) is 0. The summed E-state index contributed by atoms with van der Waals surface area (Å²) in [6.45, 7) is 7.83. The van der Waals surface area contributed by atoms with Crippen molar-refractivity contribution in [1.29, 1.82) is 0 Å². The number of piperazine rings is 1. The van der Waals surface area contributed by atoms with Crippen LogP contribution in [0.25, 0.3) is 11.1 Å². The van der Waals surface area contributed by atoms with Crippen LogP contribution >= 0.6 is 23.2 Å². The third kappa shape index (κ3) is 5.33. The summed E-state index contributed by atoms with van der Waals surface area (Å²) in [5.41, 5.74) is 2.96. The second-order valence-corrected chi connectivity index (χ2v) is 7.91. The predicted octanol–water partition coefficient (Wildman–Crippen LogP) is 4.93. The van der Waals surface area contributed by atoms with Gasteiger partial charge in [0.1, 0.15) is 5.75 Å². The molecule has 0 N–H and O–H groups in total. The van der Waals surface area contributed by atoms with Crippen molar-refractivity contribution in [2.24, 2.45) is 0 Å². The SMILES string of the molecule is C=CC(=O)N1CCN(CCCc2cc(-c3ccccc3Cl)c(Cl)cc2OC)CC1. The van der Waals surface area contributed by atoms with E-state index in [1.54, 1.807) is 7.11 Å². The van der Waals surface area contributed by atoms with Crippen LogP contribution in [0.5, 0.6) is 5.75 Å². The van der Waals surface area contributed by atoms with Crippen molar-refractivity contribution in [2.45, 2.75) is 12.8 Å². The molecule has 0 saturated carbocycles. The maximum atomic E-state index is 11.7. The summed E-state index contributed by atoms with van der Waals surface area (Å²) >= 11 is 12.9. The normalized spacial score (nSPS) is 14.7. The molecule has 0 radical (unpaired) electrons. The van der Waals surface area contributed by atoms with Gasteiger partial charge in [-0.25, -0.2) is 0 Å². The van der Waals surface area contributed by atoms with E-state index in [9.17, 15) is 4.79 Å². The van der Waals surface area contributed by atoms with Crippen molar-refractivity contribution in [2.75, 3.05) is 39.8 Å². The number of carbonyl (C=O) groups excluding carboxylic acids is 1. The maximum Gasteiger partial charge on any atom is 0.246 e. The molecule has 2 aromatic carbocycles. The van der Waals surface area contributed by atoms with Crippen LogP contribution in [-0.4, -0.2) is 55.5 Å². The second kappa shape index (κ2) is 10.1. The van der Waals surface area contributed by atoms with Gasteiger partial charge in [0.05, 0.1) is 12.1 Å². The van der Waals surface area contributed by atoms with Crippen molar-refractivity contribution in [3.05, 3.63) is 64.7 Å². The minimum Gasteiger partial charge on any atom is -0.496 e. The van der Waals surface area contributed by atoms with Gasteiger partial charge in [-0.3, -0.25) is 9.69 Å². The summed E-state index contributed by atoms with van der Waals surface area (Å²) in [5, 5.41) is 1.30. The van der Waals surface area contributed by atoms with Crippen molar-refractivity contribution < 1.29 is 9.53 Å². The highest BCUT2D eigenvalue weighted by molar-refractivity contribution is 6.36. The van der Waals surface area contributed by atoms with E-state index in [-0.39, 0.29) is 5.91 Å². The van der Waals surface area contributed by atoms with E-state index in [0.717, 1.165) is 68.0 Å². The summed E-state index contributed by atoms with van der Waals surface area (Å²) in [5.74, 6) is 0.815. The van der Waals surface area contributed by atoms with E-state index in [1.807, 2.05) is 35.2 Å². The molecule has 1 amide bonds. The van der Waals surface area contributed by atoms with Crippen molar-refractivity contribution in [3.63, 3.8) is 0 Å². The lowest BCUT2D eigenvalue weighted by Crippen LogP contribution is -2.48. The lowest BCUT2D eigenvalue weighted by atomic mass is 9.99. The first-order valence-corrected chi connectivity index (χ1v) is 10.5. The molecule has 1 aliphatic rings. The van der Waals surface area contributed by atoms with Gasteiger partial charge in [-0.05, 0) is 49.2 Å². The largest absolute Gasteiger partial charge is 0.496 e. The summed E-state index contributed by atoms with van der Waals surface area (Å²) in [6.07, 6.45) is 3.26. The number of carbonyl (C=O) groups is 1. The van der Waals surface area contributed by atoms with Crippen molar-refractivity contribution in [3.8, 4) is 16.9 Å². The molecular weight excluding hydrogens is 407 g/mol. The molecule has 0 aliphatic carbocycles. The Balaban J connectivity index is 1.65. The Morgan fingerprint density at radius 3 is 2.48 bits per heavy atom. The van der Waals surface area contributed by atoms with E-state index in [2.05, 4.69) is 17.5 Å². The summed E-state index contributed by atoms with van der Waals surface area (Å²) in [4.78, 5) is 15.9. The molecular formula is C23H26Cl2N2O2. The first-order chi connectivity index (χ1) is 14.0. The number of amides is 1. The lowest BCUT2D eigenvalue weighted by molar-refractivity contribution is -0.127. The Bertz CT molecular complexity index is 877. The van der Waals surface area contributed by atoms with Gasteiger partial charge in [-0.2, -0.15) is 0 Å². The zero-order valence-electron chi connectivity index (χ0n) is 16.7. The fraction of sp³-hybridized carbons (Fsp3) is 0.348. The predicted molar refractivity (Wildman–Crippen MR) is 120 cm³/mol. The molecule has 0 atom stereocenters. The van der Waals surface area contributed by atoms with E-state index in [4.69, 9.17) is 27.9 Å². The number of hydrogen-bond acceptors (Lipinski definition) is 3. The highest BCUT2D eigenvalue weighted by atomic mass is 35.5. The lowest BCUT2D eigenvalue weighted by Gasteiger charge is -2.34. The van der Waals surface area contributed by atoms with Gasteiger partial charge in [0.15, 0.2) is 0 Å². The molecule has 1 aliphatic heterocycles. The molecule has 0 unspecified atom stereocenters. The molecule has 0 bridgehead atoms. The van der Waals surface area contributed by atoms with Gasteiger partial charge in [0, 0.05) is 42.3 Å². The van der Waals surface area contributed by atoms with Crippen molar-refractivity contribution >= 4 is 29.1 Å². The molecule has 2 aromatic rings. The summed E-state index contributed by atoms with van der Waals surface area (Å²) in [7, 11) is 1.67. The number of nitrogens with zero attached hydrogens (tertiary/aromatic N) is 2. The molecule has 29 heavy (non-hydrogen) atoms. The zero-order valence-corrected chi connectivity index (χ0v) is 18.2. The summed E-state index contributed by atoms with van der Waals surface area (Å²) < 4.78 is 5.56. The Morgan fingerprint density at radius 1 is 1.10 bits per heavy atom. The van der Waals surface area contributed by atoms with E-state index in [1.165, 1.54) is 6.08 Å². The van der Waals surface area contributed by atoms with Crippen LogP contribution in [0.15, 0.2) is 49.1 Å². The van der Waals surface area contributed by atoms with Crippen LogP contribution < -0.4 is 4.74 Å². The average Bonchev–Trinajstić information content (AvgIpc) is 2.75.